The van der Waals surface area contributed by atoms with Crippen molar-refractivity contribution in [2.24, 2.45) is 0 Å². The highest BCUT2D eigenvalue weighted by atomic mass is 32.1. The molecule has 2 nitrogen and oxygen atoms in total. The van der Waals surface area contributed by atoms with Crippen LogP contribution in [-0.4, -0.2) is 4.57 Å². The summed E-state index contributed by atoms with van der Waals surface area (Å²) in [5.74, 6) is 0. The molecule has 0 saturated heterocycles. The van der Waals surface area contributed by atoms with Crippen LogP contribution >= 0.6 is 11.3 Å². The number of para-hydroxylation sites is 2. The van der Waals surface area contributed by atoms with E-state index in [1.54, 1.807) is 0 Å². The Labute approximate surface area is 323 Å². The fourth-order valence-corrected chi connectivity index (χ4v) is 9.73. The molecule has 0 aliphatic heterocycles. The molecule has 2 aromatic heterocycles. The molecule has 0 aliphatic carbocycles. The van der Waals surface area contributed by atoms with Crippen LogP contribution in [0.25, 0.3) is 80.7 Å². The summed E-state index contributed by atoms with van der Waals surface area (Å²) in [6.07, 6.45) is 0. The highest BCUT2D eigenvalue weighted by Gasteiger charge is 2.22. The Balaban J connectivity index is 1.18. The van der Waals surface area contributed by atoms with Gasteiger partial charge >= 0.3 is 0 Å². The molecular weight excluding hydrogens is 685 g/mol. The lowest BCUT2D eigenvalue weighted by Gasteiger charge is -2.27. The van der Waals surface area contributed by atoms with Crippen LogP contribution in [0, 0.1) is 0 Å². The lowest BCUT2D eigenvalue weighted by atomic mass is 9.95. The van der Waals surface area contributed by atoms with Crippen LogP contribution < -0.4 is 4.90 Å². The molecule has 0 N–H and O–H groups in total. The van der Waals surface area contributed by atoms with Crippen molar-refractivity contribution in [2.75, 3.05) is 4.90 Å². The van der Waals surface area contributed by atoms with Crippen molar-refractivity contribution in [3.8, 4) is 27.9 Å². The molecular formula is C52H34N2S. The van der Waals surface area contributed by atoms with E-state index in [1.807, 2.05) is 11.3 Å². The molecule has 9 aromatic carbocycles. The molecule has 0 amide bonds. The minimum absolute atomic E-state index is 1.11. The van der Waals surface area contributed by atoms with Gasteiger partial charge < -0.3 is 9.47 Å². The first-order valence-electron chi connectivity index (χ1n) is 18.8. The molecule has 0 aliphatic rings. The zero-order valence-corrected chi connectivity index (χ0v) is 30.7. The first-order chi connectivity index (χ1) is 27.3. The fraction of sp³-hybridized carbons (Fsp3) is 0. The molecule has 258 valence electrons. The Bertz CT molecular complexity index is 3170. The highest BCUT2D eigenvalue weighted by molar-refractivity contribution is 7.26. The van der Waals surface area contributed by atoms with Crippen molar-refractivity contribution in [3.05, 3.63) is 206 Å². The van der Waals surface area contributed by atoms with Gasteiger partial charge in [-0.15, -0.1) is 11.3 Å². The maximum atomic E-state index is 2.46. The van der Waals surface area contributed by atoms with Gasteiger partial charge in [-0.05, 0) is 82.1 Å². The third-order valence-electron chi connectivity index (χ3n) is 11.0. The SMILES string of the molecule is c1ccc(-c2cccc(N(c3cccc(-c4c(-n5c6ccccc6c6ccccc65)ccc5ccccc45)c3)c3cccc4c3sc3ccccc34)c2)cc1. The molecule has 0 atom stereocenters. The summed E-state index contributed by atoms with van der Waals surface area (Å²) in [5.41, 5.74) is 11.7. The van der Waals surface area contributed by atoms with Crippen LogP contribution in [0.2, 0.25) is 0 Å². The Morgan fingerprint density at radius 3 is 1.71 bits per heavy atom. The Kier molecular flexibility index (Phi) is 7.39. The van der Waals surface area contributed by atoms with E-state index in [0.29, 0.717) is 0 Å². The summed E-state index contributed by atoms with van der Waals surface area (Å²) in [7, 11) is 0. The lowest BCUT2D eigenvalue weighted by molar-refractivity contribution is 1.19. The molecule has 55 heavy (non-hydrogen) atoms. The van der Waals surface area contributed by atoms with Crippen molar-refractivity contribution >= 4 is 81.1 Å². The van der Waals surface area contributed by atoms with Crippen LogP contribution in [0.4, 0.5) is 17.1 Å². The number of hydrogen-bond acceptors (Lipinski definition) is 2. The van der Waals surface area contributed by atoms with Crippen LogP contribution in [0.1, 0.15) is 0 Å². The monoisotopic (exact) mass is 718 g/mol. The summed E-state index contributed by atoms with van der Waals surface area (Å²) in [4.78, 5) is 2.46. The molecule has 0 bridgehead atoms. The largest absolute Gasteiger partial charge is 0.309 e. The van der Waals surface area contributed by atoms with Crippen LogP contribution in [0.5, 0.6) is 0 Å². The molecule has 2 heterocycles. The normalized spacial score (nSPS) is 11.6. The van der Waals surface area contributed by atoms with Gasteiger partial charge in [0.25, 0.3) is 0 Å². The zero-order chi connectivity index (χ0) is 36.3. The second-order valence-electron chi connectivity index (χ2n) is 14.1. The van der Waals surface area contributed by atoms with Gasteiger partial charge in [-0.2, -0.15) is 0 Å². The number of benzene rings is 9. The number of fused-ring (bicyclic) bond motifs is 7. The molecule has 3 heteroatoms. The van der Waals surface area contributed by atoms with Gasteiger partial charge in [0, 0.05) is 43.2 Å². The first-order valence-corrected chi connectivity index (χ1v) is 19.6. The van der Waals surface area contributed by atoms with Gasteiger partial charge in [0.15, 0.2) is 0 Å². The number of rotatable bonds is 6. The van der Waals surface area contributed by atoms with Gasteiger partial charge in [-0.25, -0.2) is 0 Å². The first kappa shape index (κ1) is 31.6. The van der Waals surface area contributed by atoms with Crippen molar-refractivity contribution < 1.29 is 0 Å². The van der Waals surface area contributed by atoms with Crippen molar-refractivity contribution in [1.82, 2.24) is 4.57 Å². The summed E-state index contributed by atoms with van der Waals surface area (Å²) in [6, 6.07) is 75.2. The Morgan fingerprint density at radius 2 is 0.945 bits per heavy atom. The van der Waals surface area contributed by atoms with Gasteiger partial charge in [0.05, 0.1) is 27.1 Å². The average Bonchev–Trinajstić information content (AvgIpc) is 3.80. The third kappa shape index (κ3) is 5.16. The van der Waals surface area contributed by atoms with Crippen LogP contribution in [0.3, 0.4) is 0 Å². The maximum Gasteiger partial charge on any atom is 0.0640 e. The highest BCUT2D eigenvalue weighted by Crippen LogP contribution is 2.47. The van der Waals surface area contributed by atoms with Crippen LogP contribution in [0.15, 0.2) is 206 Å². The molecule has 0 fully saturated rings. The zero-order valence-electron chi connectivity index (χ0n) is 29.9. The van der Waals surface area contributed by atoms with E-state index < -0.39 is 0 Å². The van der Waals surface area contributed by atoms with Crippen molar-refractivity contribution in [3.63, 3.8) is 0 Å². The smallest absolute Gasteiger partial charge is 0.0640 e. The van der Waals surface area contributed by atoms with E-state index in [-0.39, 0.29) is 0 Å². The number of aromatic nitrogens is 1. The minimum Gasteiger partial charge on any atom is -0.309 e. The Hall–Kier alpha value is -6.94. The van der Waals surface area contributed by atoms with Gasteiger partial charge in [0.1, 0.15) is 0 Å². The Morgan fingerprint density at radius 1 is 0.382 bits per heavy atom. The molecule has 11 rings (SSSR count). The van der Waals surface area contributed by atoms with Gasteiger partial charge in [-0.1, -0.05) is 152 Å². The summed E-state index contributed by atoms with van der Waals surface area (Å²) in [5, 5.41) is 7.53. The third-order valence-corrected chi connectivity index (χ3v) is 12.2. The molecule has 0 saturated carbocycles. The second-order valence-corrected chi connectivity index (χ2v) is 15.2. The molecule has 0 spiro atoms. The van der Waals surface area contributed by atoms with E-state index in [2.05, 4.69) is 216 Å². The van der Waals surface area contributed by atoms with E-state index in [1.165, 1.54) is 80.7 Å². The second kappa shape index (κ2) is 12.9. The van der Waals surface area contributed by atoms with Crippen molar-refractivity contribution in [2.45, 2.75) is 0 Å². The molecule has 11 aromatic rings. The number of anilines is 3. The quantitative estimate of drug-likeness (QED) is 0.166. The number of thiophene rings is 1. The standard InChI is InChI=1S/C52H34N2S/c1-2-15-35(16-3-1)37-18-12-20-39(33-37)53(49-29-14-26-45-44-25-8-11-30-50(44)55-52(45)49)40-21-13-19-38(34-40)51-41-22-5-4-17-36(41)31-32-48(51)54-46-27-9-6-23-42(46)43-24-7-10-28-47(43)54/h1-34H. The van der Waals surface area contributed by atoms with Crippen LogP contribution in [-0.2, 0) is 0 Å². The van der Waals surface area contributed by atoms with E-state index >= 15 is 0 Å². The molecule has 0 radical (unpaired) electrons. The van der Waals surface area contributed by atoms with E-state index in [0.717, 1.165) is 17.1 Å². The fourth-order valence-electron chi connectivity index (χ4n) is 8.52. The average molecular weight is 719 g/mol. The summed E-state index contributed by atoms with van der Waals surface area (Å²) < 4.78 is 5.02. The predicted molar refractivity (Wildman–Crippen MR) is 237 cm³/mol. The van der Waals surface area contributed by atoms with E-state index in [9.17, 15) is 0 Å². The lowest BCUT2D eigenvalue weighted by Crippen LogP contribution is -2.10. The number of nitrogens with zero attached hydrogens (tertiary/aromatic N) is 2. The summed E-state index contributed by atoms with van der Waals surface area (Å²) >= 11 is 1.87. The van der Waals surface area contributed by atoms with Crippen molar-refractivity contribution in [1.29, 1.82) is 0 Å². The van der Waals surface area contributed by atoms with Gasteiger partial charge in [-0.3, -0.25) is 0 Å². The van der Waals surface area contributed by atoms with E-state index in [4.69, 9.17) is 0 Å². The molecule has 0 unspecified atom stereocenters. The summed E-state index contributed by atoms with van der Waals surface area (Å²) in [6.45, 7) is 0. The topological polar surface area (TPSA) is 8.17 Å². The van der Waals surface area contributed by atoms with Gasteiger partial charge in [0.2, 0.25) is 0 Å². The predicted octanol–water partition coefficient (Wildman–Crippen LogP) is 15.1. The minimum atomic E-state index is 1.11. The maximum absolute atomic E-state index is 2.46. The number of hydrogen-bond donors (Lipinski definition) is 0.